The molecule has 0 aliphatic carbocycles. The predicted octanol–water partition coefficient (Wildman–Crippen LogP) is 2.31. The molecule has 1 fully saturated rings. The SMILES string of the molecule is C[C@@H]1CCCCN1C(=O)CNC(=O)OCc1ccccc1. The van der Waals surface area contributed by atoms with Gasteiger partial charge < -0.3 is 15.0 Å². The van der Waals surface area contributed by atoms with E-state index in [9.17, 15) is 9.59 Å². The Morgan fingerprint density at radius 3 is 2.76 bits per heavy atom. The molecule has 1 atom stereocenters. The summed E-state index contributed by atoms with van der Waals surface area (Å²) in [5.74, 6) is -0.0427. The lowest BCUT2D eigenvalue weighted by atomic mass is 10.0. The molecule has 1 aliphatic rings. The van der Waals surface area contributed by atoms with Crippen LogP contribution in [0.2, 0.25) is 0 Å². The van der Waals surface area contributed by atoms with Gasteiger partial charge in [-0.1, -0.05) is 30.3 Å². The Labute approximate surface area is 125 Å². The highest BCUT2D eigenvalue weighted by molar-refractivity contribution is 5.82. The first-order valence-electron chi connectivity index (χ1n) is 7.41. The third-order valence-electron chi connectivity index (χ3n) is 3.72. The molecule has 1 saturated heterocycles. The highest BCUT2D eigenvalue weighted by Gasteiger charge is 2.23. The van der Waals surface area contributed by atoms with Gasteiger partial charge in [0.15, 0.2) is 0 Å². The maximum atomic E-state index is 12.0. The number of likely N-dealkylation sites (tertiary alicyclic amines) is 1. The summed E-state index contributed by atoms with van der Waals surface area (Å²) in [7, 11) is 0. The molecule has 114 valence electrons. The summed E-state index contributed by atoms with van der Waals surface area (Å²) in [5.41, 5.74) is 0.920. The highest BCUT2D eigenvalue weighted by atomic mass is 16.5. The van der Waals surface area contributed by atoms with Crippen molar-refractivity contribution in [1.29, 1.82) is 0 Å². The highest BCUT2D eigenvalue weighted by Crippen LogP contribution is 2.15. The molecule has 1 aromatic carbocycles. The van der Waals surface area contributed by atoms with Crippen LogP contribution >= 0.6 is 0 Å². The number of carbonyl (C=O) groups is 2. The first-order valence-corrected chi connectivity index (χ1v) is 7.41. The van der Waals surface area contributed by atoms with Crippen molar-refractivity contribution in [3.05, 3.63) is 35.9 Å². The largest absolute Gasteiger partial charge is 0.445 e. The fraction of sp³-hybridized carbons (Fsp3) is 0.500. The van der Waals surface area contributed by atoms with Crippen molar-refractivity contribution >= 4 is 12.0 Å². The number of nitrogens with zero attached hydrogens (tertiary/aromatic N) is 1. The van der Waals surface area contributed by atoms with Gasteiger partial charge in [0.05, 0.1) is 0 Å². The van der Waals surface area contributed by atoms with Crippen LogP contribution in [0.1, 0.15) is 31.7 Å². The molecule has 1 aliphatic heterocycles. The molecule has 0 unspecified atom stereocenters. The number of carbonyl (C=O) groups excluding carboxylic acids is 2. The van der Waals surface area contributed by atoms with Crippen LogP contribution in [0.15, 0.2) is 30.3 Å². The number of nitrogens with one attached hydrogen (secondary N) is 1. The first kappa shape index (κ1) is 15.4. The van der Waals surface area contributed by atoms with Gasteiger partial charge in [0.2, 0.25) is 5.91 Å². The van der Waals surface area contributed by atoms with Crippen LogP contribution < -0.4 is 5.32 Å². The molecule has 0 bridgehead atoms. The number of hydrogen-bond acceptors (Lipinski definition) is 3. The van der Waals surface area contributed by atoms with E-state index in [1.165, 1.54) is 0 Å². The van der Waals surface area contributed by atoms with Crippen molar-refractivity contribution in [3.63, 3.8) is 0 Å². The molecule has 1 N–H and O–H groups in total. The predicted molar refractivity (Wildman–Crippen MR) is 79.7 cm³/mol. The van der Waals surface area contributed by atoms with Crippen LogP contribution in [-0.2, 0) is 16.1 Å². The van der Waals surface area contributed by atoms with E-state index in [2.05, 4.69) is 5.32 Å². The second kappa shape index (κ2) is 7.67. The van der Waals surface area contributed by atoms with E-state index in [-0.39, 0.29) is 25.1 Å². The molecule has 0 aromatic heterocycles. The van der Waals surface area contributed by atoms with E-state index < -0.39 is 6.09 Å². The minimum Gasteiger partial charge on any atom is -0.445 e. The fourth-order valence-electron chi connectivity index (χ4n) is 2.49. The van der Waals surface area contributed by atoms with E-state index in [1.807, 2.05) is 42.2 Å². The summed E-state index contributed by atoms with van der Waals surface area (Å²) in [6.07, 6.45) is 2.67. The molecule has 0 saturated carbocycles. The normalized spacial score (nSPS) is 18.1. The standard InChI is InChI=1S/C16H22N2O3/c1-13-7-5-6-10-18(13)15(19)11-17-16(20)21-12-14-8-3-2-4-9-14/h2-4,8-9,13H,5-7,10-12H2,1H3,(H,17,20)/t13-/m1/s1. The molecule has 0 radical (unpaired) electrons. The number of rotatable bonds is 4. The topological polar surface area (TPSA) is 58.6 Å². The number of ether oxygens (including phenoxy) is 1. The molecule has 2 rings (SSSR count). The third kappa shape index (κ3) is 4.77. The first-order chi connectivity index (χ1) is 10.2. The van der Waals surface area contributed by atoms with Gasteiger partial charge in [-0.15, -0.1) is 0 Å². The molecule has 5 nitrogen and oxygen atoms in total. The van der Waals surface area contributed by atoms with E-state index >= 15 is 0 Å². The van der Waals surface area contributed by atoms with Gasteiger partial charge in [-0.2, -0.15) is 0 Å². The van der Waals surface area contributed by atoms with Gasteiger partial charge in [0.1, 0.15) is 13.2 Å². The Morgan fingerprint density at radius 2 is 2.05 bits per heavy atom. The number of benzene rings is 1. The molecule has 21 heavy (non-hydrogen) atoms. The summed E-state index contributed by atoms with van der Waals surface area (Å²) in [4.78, 5) is 25.5. The van der Waals surface area contributed by atoms with Gasteiger partial charge in [0.25, 0.3) is 0 Å². The number of alkyl carbamates (subject to hydrolysis) is 1. The lowest BCUT2D eigenvalue weighted by Gasteiger charge is -2.33. The van der Waals surface area contributed by atoms with Crippen LogP contribution in [-0.4, -0.2) is 36.0 Å². The minimum absolute atomic E-state index is 0.00202. The Bertz CT molecular complexity index is 476. The minimum atomic E-state index is -0.558. The summed E-state index contributed by atoms with van der Waals surface area (Å²) >= 11 is 0. The van der Waals surface area contributed by atoms with Gasteiger partial charge in [-0.25, -0.2) is 4.79 Å². The Balaban J connectivity index is 1.69. The van der Waals surface area contributed by atoms with E-state index in [1.54, 1.807) is 0 Å². The fourth-order valence-corrected chi connectivity index (χ4v) is 2.49. The second-order valence-corrected chi connectivity index (χ2v) is 5.35. The maximum Gasteiger partial charge on any atom is 0.407 e. The van der Waals surface area contributed by atoms with Crippen LogP contribution in [0.5, 0.6) is 0 Å². The molecule has 0 spiro atoms. The zero-order chi connectivity index (χ0) is 15.1. The zero-order valence-electron chi connectivity index (χ0n) is 12.4. The van der Waals surface area contributed by atoms with Crippen molar-refractivity contribution in [3.8, 4) is 0 Å². The van der Waals surface area contributed by atoms with E-state index in [0.29, 0.717) is 0 Å². The van der Waals surface area contributed by atoms with Gasteiger partial charge in [0, 0.05) is 12.6 Å². The monoisotopic (exact) mass is 290 g/mol. The second-order valence-electron chi connectivity index (χ2n) is 5.35. The third-order valence-corrected chi connectivity index (χ3v) is 3.72. The summed E-state index contributed by atoms with van der Waals surface area (Å²) < 4.78 is 5.07. The maximum absolute atomic E-state index is 12.0. The average molecular weight is 290 g/mol. The van der Waals surface area contributed by atoms with Crippen molar-refractivity contribution in [2.24, 2.45) is 0 Å². The molecule has 2 amide bonds. The molecular weight excluding hydrogens is 268 g/mol. The van der Waals surface area contributed by atoms with Crippen molar-refractivity contribution in [2.75, 3.05) is 13.1 Å². The van der Waals surface area contributed by atoms with Gasteiger partial charge in [-0.3, -0.25) is 4.79 Å². The molecule has 1 aromatic rings. The smallest absolute Gasteiger partial charge is 0.407 e. The Hall–Kier alpha value is -2.04. The van der Waals surface area contributed by atoms with Crippen LogP contribution in [0, 0.1) is 0 Å². The van der Waals surface area contributed by atoms with Crippen LogP contribution in [0.3, 0.4) is 0 Å². The van der Waals surface area contributed by atoms with Crippen molar-refractivity contribution in [1.82, 2.24) is 10.2 Å². The lowest BCUT2D eigenvalue weighted by molar-refractivity contribution is -0.133. The molecule has 1 heterocycles. The quantitative estimate of drug-likeness (QED) is 0.925. The van der Waals surface area contributed by atoms with E-state index in [0.717, 1.165) is 31.4 Å². The van der Waals surface area contributed by atoms with Gasteiger partial charge in [-0.05, 0) is 31.7 Å². The van der Waals surface area contributed by atoms with Crippen LogP contribution in [0.25, 0.3) is 0 Å². The molecule has 5 heteroatoms. The average Bonchev–Trinajstić information content (AvgIpc) is 2.52. The Morgan fingerprint density at radius 1 is 1.29 bits per heavy atom. The number of hydrogen-bond donors (Lipinski definition) is 1. The van der Waals surface area contributed by atoms with Crippen molar-refractivity contribution < 1.29 is 14.3 Å². The summed E-state index contributed by atoms with van der Waals surface area (Å²) in [6.45, 7) is 3.03. The zero-order valence-corrected chi connectivity index (χ0v) is 12.4. The van der Waals surface area contributed by atoms with Crippen LogP contribution in [0.4, 0.5) is 4.79 Å². The summed E-state index contributed by atoms with van der Waals surface area (Å²) in [6, 6.07) is 9.70. The number of piperidine rings is 1. The number of amides is 2. The van der Waals surface area contributed by atoms with Crippen molar-refractivity contribution in [2.45, 2.75) is 38.8 Å². The summed E-state index contributed by atoms with van der Waals surface area (Å²) in [5, 5.41) is 2.52. The Kier molecular flexibility index (Phi) is 5.60. The lowest BCUT2D eigenvalue weighted by Crippen LogP contribution is -2.46. The van der Waals surface area contributed by atoms with Gasteiger partial charge >= 0.3 is 6.09 Å². The van der Waals surface area contributed by atoms with E-state index in [4.69, 9.17) is 4.74 Å². The molecular formula is C16H22N2O3.